The lowest BCUT2D eigenvalue weighted by Crippen LogP contribution is -2.47. The van der Waals surface area contributed by atoms with Crippen LogP contribution in [-0.2, 0) is 4.74 Å². The van der Waals surface area contributed by atoms with E-state index in [1.165, 1.54) is 32.2 Å². The molecule has 17 heavy (non-hydrogen) atoms. The maximum atomic E-state index is 5.87. The molecular weight excluding hydrogens is 280 g/mol. The molecule has 2 fully saturated rings. The lowest BCUT2D eigenvalue weighted by Gasteiger charge is -2.34. The number of halogens is 1. The Balaban J connectivity index is 1.76. The van der Waals surface area contributed by atoms with Crippen molar-refractivity contribution < 1.29 is 4.74 Å². The van der Waals surface area contributed by atoms with E-state index in [1.54, 1.807) is 0 Å². The molecule has 0 radical (unpaired) electrons. The molecule has 0 spiro atoms. The Kier molecular flexibility index (Phi) is 5.74. The number of hydrogen-bond acceptors (Lipinski definition) is 3. The SMILES string of the molecule is CN1CCOC(CN2CCCC2CCCBr)C1. The molecule has 0 aromatic carbocycles. The van der Waals surface area contributed by atoms with Crippen LogP contribution >= 0.6 is 15.9 Å². The fraction of sp³-hybridized carbons (Fsp3) is 1.00. The van der Waals surface area contributed by atoms with Gasteiger partial charge in [0.1, 0.15) is 0 Å². The smallest absolute Gasteiger partial charge is 0.0829 e. The summed E-state index contributed by atoms with van der Waals surface area (Å²) in [5.74, 6) is 0. The van der Waals surface area contributed by atoms with Crippen molar-refractivity contribution in [3.05, 3.63) is 0 Å². The second kappa shape index (κ2) is 7.07. The third-order valence-corrected chi connectivity index (χ3v) is 4.51. The van der Waals surface area contributed by atoms with Gasteiger partial charge in [0.05, 0.1) is 12.7 Å². The Hall–Kier alpha value is 0.360. The summed E-state index contributed by atoms with van der Waals surface area (Å²) in [6, 6.07) is 0.809. The molecule has 100 valence electrons. The molecule has 0 N–H and O–H groups in total. The van der Waals surface area contributed by atoms with E-state index in [9.17, 15) is 0 Å². The van der Waals surface area contributed by atoms with Crippen molar-refractivity contribution in [1.82, 2.24) is 9.80 Å². The molecule has 0 bridgehead atoms. The minimum atomic E-state index is 0.429. The van der Waals surface area contributed by atoms with Gasteiger partial charge in [-0.25, -0.2) is 0 Å². The highest BCUT2D eigenvalue weighted by Gasteiger charge is 2.28. The van der Waals surface area contributed by atoms with E-state index in [1.807, 2.05) is 0 Å². The first kappa shape index (κ1) is 13.8. The van der Waals surface area contributed by atoms with Crippen molar-refractivity contribution in [3.63, 3.8) is 0 Å². The predicted molar refractivity (Wildman–Crippen MR) is 74.9 cm³/mol. The molecule has 0 aromatic heterocycles. The van der Waals surface area contributed by atoms with E-state index in [0.29, 0.717) is 6.10 Å². The lowest BCUT2D eigenvalue weighted by molar-refractivity contribution is -0.0375. The highest BCUT2D eigenvalue weighted by molar-refractivity contribution is 9.09. The monoisotopic (exact) mass is 304 g/mol. The third kappa shape index (κ3) is 4.19. The van der Waals surface area contributed by atoms with Gasteiger partial charge >= 0.3 is 0 Å². The highest BCUT2D eigenvalue weighted by atomic mass is 79.9. The number of likely N-dealkylation sites (N-methyl/N-ethyl adjacent to an activating group) is 1. The number of morpholine rings is 1. The number of ether oxygens (including phenoxy) is 1. The Morgan fingerprint density at radius 3 is 3.00 bits per heavy atom. The zero-order valence-electron chi connectivity index (χ0n) is 10.9. The zero-order valence-corrected chi connectivity index (χ0v) is 12.5. The van der Waals surface area contributed by atoms with Crippen molar-refractivity contribution in [3.8, 4) is 0 Å². The lowest BCUT2D eigenvalue weighted by atomic mass is 10.1. The van der Waals surface area contributed by atoms with E-state index >= 15 is 0 Å². The summed E-state index contributed by atoms with van der Waals surface area (Å²) in [5.41, 5.74) is 0. The van der Waals surface area contributed by atoms with Crippen LogP contribution in [0.2, 0.25) is 0 Å². The Bertz CT molecular complexity index is 227. The van der Waals surface area contributed by atoms with Crippen LogP contribution in [0.5, 0.6) is 0 Å². The average Bonchev–Trinajstić information content (AvgIpc) is 2.74. The van der Waals surface area contributed by atoms with Crippen LogP contribution in [-0.4, -0.2) is 67.1 Å². The summed E-state index contributed by atoms with van der Waals surface area (Å²) in [6.45, 7) is 5.50. The summed E-state index contributed by atoms with van der Waals surface area (Å²) in [6.07, 6.45) is 5.82. The molecule has 0 aliphatic carbocycles. The van der Waals surface area contributed by atoms with Crippen LogP contribution in [0.15, 0.2) is 0 Å². The van der Waals surface area contributed by atoms with Gasteiger partial charge in [-0.3, -0.25) is 4.90 Å². The Morgan fingerprint density at radius 1 is 1.35 bits per heavy atom. The molecule has 2 rings (SSSR count). The molecule has 4 heteroatoms. The van der Waals surface area contributed by atoms with E-state index in [0.717, 1.165) is 37.6 Å². The molecule has 2 atom stereocenters. The molecule has 3 nitrogen and oxygen atoms in total. The largest absolute Gasteiger partial charge is 0.374 e. The summed E-state index contributed by atoms with van der Waals surface area (Å²) in [7, 11) is 2.20. The van der Waals surface area contributed by atoms with Crippen molar-refractivity contribution in [2.24, 2.45) is 0 Å². The molecule has 0 aromatic rings. The predicted octanol–water partition coefficient (Wildman–Crippen LogP) is 1.96. The summed E-state index contributed by atoms with van der Waals surface area (Å²) in [4.78, 5) is 5.05. The molecule has 2 saturated heterocycles. The number of alkyl halides is 1. The van der Waals surface area contributed by atoms with Crippen LogP contribution in [0, 0.1) is 0 Å². The van der Waals surface area contributed by atoms with Gasteiger partial charge in [-0.1, -0.05) is 15.9 Å². The first-order chi connectivity index (χ1) is 8.29. The molecule has 2 unspecified atom stereocenters. The number of rotatable bonds is 5. The van der Waals surface area contributed by atoms with E-state index < -0.39 is 0 Å². The van der Waals surface area contributed by atoms with Gasteiger partial charge in [0.15, 0.2) is 0 Å². The molecule has 0 saturated carbocycles. The average molecular weight is 305 g/mol. The van der Waals surface area contributed by atoms with Crippen LogP contribution < -0.4 is 0 Å². The van der Waals surface area contributed by atoms with E-state index in [-0.39, 0.29) is 0 Å². The Morgan fingerprint density at radius 2 is 2.24 bits per heavy atom. The summed E-state index contributed by atoms with van der Waals surface area (Å²) >= 11 is 3.53. The minimum Gasteiger partial charge on any atom is -0.374 e. The molecule has 0 amide bonds. The number of likely N-dealkylation sites (tertiary alicyclic amines) is 1. The van der Waals surface area contributed by atoms with Gasteiger partial charge < -0.3 is 9.64 Å². The van der Waals surface area contributed by atoms with Gasteiger partial charge in [0.2, 0.25) is 0 Å². The number of hydrogen-bond donors (Lipinski definition) is 0. The quantitative estimate of drug-likeness (QED) is 0.722. The van der Waals surface area contributed by atoms with Crippen LogP contribution in [0.4, 0.5) is 0 Å². The van der Waals surface area contributed by atoms with Crippen molar-refractivity contribution >= 4 is 15.9 Å². The van der Waals surface area contributed by atoms with Crippen molar-refractivity contribution in [2.45, 2.75) is 37.8 Å². The zero-order chi connectivity index (χ0) is 12.1. The standard InChI is InChI=1S/C13H25BrN2O/c1-15-8-9-17-13(10-15)11-16-7-3-5-12(16)4-2-6-14/h12-13H,2-11H2,1H3. The second-order valence-corrected chi connectivity index (χ2v) is 6.17. The normalized spacial score (nSPS) is 32.1. The fourth-order valence-corrected chi connectivity index (χ4v) is 3.34. The van der Waals surface area contributed by atoms with Crippen LogP contribution in [0.1, 0.15) is 25.7 Å². The van der Waals surface area contributed by atoms with Gasteiger partial charge in [0, 0.05) is 31.0 Å². The molecular formula is C13H25BrN2O. The van der Waals surface area contributed by atoms with Crippen molar-refractivity contribution in [2.75, 3.05) is 45.2 Å². The number of nitrogens with zero attached hydrogens (tertiary/aromatic N) is 2. The molecule has 2 aliphatic heterocycles. The summed E-state index contributed by atoms with van der Waals surface area (Å²) in [5, 5.41) is 1.14. The maximum absolute atomic E-state index is 5.87. The van der Waals surface area contributed by atoms with E-state index in [4.69, 9.17) is 4.74 Å². The van der Waals surface area contributed by atoms with E-state index in [2.05, 4.69) is 32.8 Å². The van der Waals surface area contributed by atoms with Crippen LogP contribution in [0.3, 0.4) is 0 Å². The van der Waals surface area contributed by atoms with Gasteiger partial charge in [-0.15, -0.1) is 0 Å². The van der Waals surface area contributed by atoms with Gasteiger partial charge in [-0.05, 0) is 39.3 Å². The highest BCUT2D eigenvalue weighted by Crippen LogP contribution is 2.22. The maximum Gasteiger partial charge on any atom is 0.0829 e. The third-order valence-electron chi connectivity index (χ3n) is 3.95. The summed E-state index contributed by atoms with van der Waals surface area (Å²) < 4.78 is 5.87. The minimum absolute atomic E-state index is 0.429. The van der Waals surface area contributed by atoms with Gasteiger partial charge in [-0.2, -0.15) is 0 Å². The second-order valence-electron chi connectivity index (χ2n) is 5.38. The molecule has 2 aliphatic rings. The molecule has 2 heterocycles. The van der Waals surface area contributed by atoms with Crippen LogP contribution in [0.25, 0.3) is 0 Å². The topological polar surface area (TPSA) is 15.7 Å². The fourth-order valence-electron chi connectivity index (χ4n) is 3.01. The first-order valence-corrected chi connectivity index (χ1v) is 8.02. The van der Waals surface area contributed by atoms with Crippen molar-refractivity contribution in [1.29, 1.82) is 0 Å². The van der Waals surface area contributed by atoms with Gasteiger partial charge in [0.25, 0.3) is 0 Å². The first-order valence-electron chi connectivity index (χ1n) is 6.89. The Labute approximate surface area is 114 Å².